The van der Waals surface area contributed by atoms with Gasteiger partial charge in [-0.15, -0.1) is 10.2 Å². The highest BCUT2D eigenvalue weighted by atomic mass is 16.5. The van der Waals surface area contributed by atoms with Crippen molar-refractivity contribution in [2.75, 3.05) is 10.6 Å². The van der Waals surface area contributed by atoms with Crippen LogP contribution in [-0.4, -0.2) is 22.0 Å². The van der Waals surface area contributed by atoms with Crippen molar-refractivity contribution in [2.24, 2.45) is 22.7 Å². The van der Waals surface area contributed by atoms with Crippen LogP contribution < -0.4 is 15.4 Å². The van der Waals surface area contributed by atoms with Crippen LogP contribution in [0.3, 0.4) is 0 Å². The number of ether oxygens (including phenoxy) is 1. The van der Waals surface area contributed by atoms with Crippen molar-refractivity contribution in [1.82, 2.24) is 10.2 Å². The molecule has 2 aliphatic rings. The van der Waals surface area contributed by atoms with E-state index in [2.05, 4.69) is 48.5 Å². The Bertz CT molecular complexity index is 953. The fraction of sp³-hybridized carbons (Fsp3) is 0.455. The van der Waals surface area contributed by atoms with Gasteiger partial charge in [0.05, 0.1) is 0 Å². The third-order valence-corrected chi connectivity index (χ3v) is 5.88. The highest BCUT2D eigenvalue weighted by Crippen LogP contribution is 2.52. The molecule has 1 aromatic heterocycles. The summed E-state index contributed by atoms with van der Waals surface area (Å²) in [5.41, 5.74) is 0.829. The smallest absolute Gasteiger partial charge is 0.238 e. The predicted octanol–water partition coefficient (Wildman–Crippen LogP) is 4.24. The maximum absolute atomic E-state index is 12.3. The normalized spacial score (nSPS) is 23.0. The second kappa shape index (κ2) is 6.83. The van der Waals surface area contributed by atoms with E-state index in [1.807, 2.05) is 12.1 Å². The van der Waals surface area contributed by atoms with E-state index in [9.17, 15) is 9.59 Å². The van der Waals surface area contributed by atoms with E-state index in [-0.39, 0.29) is 34.5 Å². The Hall–Kier alpha value is -2.96. The fourth-order valence-electron chi connectivity index (χ4n) is 3.47. The minimum absolute atomic E-state index is 0.0272. The summed E-state index contributed by atoms with van der Waals surface area (Å²) >= 11 is 0. The number of hydrogen-bond acceptors (Lipinski definition) is 5. The topological polar surface area (TPSA) is 93.2 Å². The van der Waals surface area contributed by atoms with Crippen LogP contribution >= 0.6 is 0 Å². The van der Waals surface area contributed by atoms with Gasteiger partial charge in [-0.05, 0) is 41.9 Å². The van der Waals surface area contributed by atoms with E-state index < -0.39 is 0 Å². The van der Waals surface area contributed by atoms with Gasteiger partial charge in [-0.25, -0.2) is 0 Å². The Morgan fingerprint density at radius 2 is 1.55 bits per heavy atom. The summed E-state index contributed by atoms with van der Waals surface area (Å²) < 4.78 is 5.73. The zero-order valence-electron chi connectivity index (χ0n) is 17.2. The van der Waals surface area contributed by atoms with E-state index in [1.165, 1.54) is 0 Å². The Morgan fingerprint density at radius 1 is 0.931 bits per heavy atom. The molecule has 152 valence electrons. The molecule has 7 nitrogen and oxygen atoms in total. The van der Waals surface area contributed by atoms with Crippen molar-refractivity contribution in [3.05, 3.63) is 36.4 Å². The first-order valence-electron chi connectivity index (χ1n) is 9.87. The molecule has 29 heavy (non-hydrogen) atoms. The third-order valence-electron chi connectivity index (χ3n) is 5.88. The predicted molar refractivity (Wildman–Crippen MR) is 110 cm³/mol. The lowest BCUT2D eigenvalue weighted by Gasteiger charge is -2.09. The average Bonchev–Trinajstić information content (AvgIpc) is 3.50. The molecule has 1 aromatic carbocycles. The molecule has 2 amide bonds. The highest BCUT2D eigenvalue weighted by Gasteiger charge is 2.51. The van der Waals surface area contributed by atoms with Crippen LogP contribution in [0.5, 0.6) is 11.6 Å². The Kier molecular flexibility index (Phi) is 4.56. The summed E-state index contributed by atoms with van der Waals surface area (Å²) in [5, 5.41) is 13.8. The number of rotatable bonds is 6. The van der Waals surface area contributed by atoms with E-state index in [4.69, 9.17) is 4.74 Å². The van der Waals surface area contributed by atoms with Gasteiger partial charge in [-0.3, -0.25) is 9.59 Å². The molecule has 0 saturated heterocycles. The molecule has 2 fully saturated rings. The fourth-order valence-corrected chi connectivity index (χ4v) is 3.47. The summed E-state index contributed by atoms with van der Waals surface area (Å²) in [4.78, 5) is 24.4. The number of nitrogens with one attached hydrogen (secondary N) is 2. The zero-order chi connectivity index (χ0) is 20.8. The van der Waals surface area contributed by atoms with Crippen molar-refractivity contribution in [3.8, 4) is 11.6 Å². The first-order valence-corrected chi connectivity index (χ1v) is 9.87. The van der Waals surface area contributed by atoms with Crippen LogP contribution in [0, 0.1) is 22.7 Å². The van der Waals surface area contributed by atoms with Crippen molar-refractivity contribution >= 4 is 23.3 Å². The summed E-state index contributed by atoms with van der Waals surface area (Å²) in [7, 11) is 0. The Morgan fingerprint density at radius 3 is 2.10 bits per heavy atom. The minimum atomic E-state index is -0.0275. The molecule has 2 N–H and O–H groups in total. The van der Waals surface area contributed by atoms with Crippen LogP contribution in [-0.2, 0) is 9.59 Å². The molecule has 0 radical (unpaired) electrons. The highest BCUT2D eigenvalue weighted by molar-refractivity contribution is 5.95. The largest absolute Gasteiger partial charge is 0.437 e. The number of amides is 2. The summed E-state index contributed by atoms with van der Waals surface area (Å²) in [6, 6.07) is 10.5. The van der Waals surface area contributed by atoms with Crippen LogP contribution in [0.2, 0.25) is 0 Å². The minimum Gasteiger partial charge on any atom is -0.437 e. The van der Waals surface area contributed by atoms with Gasteiger partial charge >= 0.3 is 0 Å². The number of nitrogens with zero attached hydrogens (tertiary/aromatic N) is 2. The lowest BCUT2D eigenvalue weighted by molar-refractivity contribution is -0.118. The number of aromatic nitrogens is 2. The van der Waals surface area contributed by atoms with Gasteiger partial charge in [-0.2, -0.15) is 0 Å². The van der Waals surface area contributed by atoms with Crippen molar-refractivity contribution in [3.63, 3.8) is 0 Å². The van der Waals surface area contributed by atoms with Crippen molar-refractivity contribution in [1.29, 1.82) is 0 Å². The molecule has 2 atom stereocenters. The van der Waals surface area contributed by atoms with Crippen LogP contribution in [0.25, 0.3) is 0 Å². The summed E-state index contributed by atoms with van der Waals surface area (Å²) in [6.07, 6.45) is 1.80. The lowest BCUT2D eigenvalue weighted by Crippen LogP contribution is -2.17. The van der Waals surface area contributed by atoms with Gasteiger partial charge < -0.3 is 15.4 Å². The van der Waals surface area contributed by atoms with E-state index >= 15 is 0 Å². The summed E-state index contributed by atoms with van der Waals surface area (Å²) in [5.74, 6) is 1.34. The second-order valence-corrected chi connectivity index (χ2v) is 9.36. The monoisotopic (exact) mass is 394 g/mol. The Labute approximate surface area is 170 Å². The van der Waals surface area contributed by atoms with E-state index in [0.29, 0.717) is 23.1 Å². The third kappa shape index (κ3) is 4.39. The van der Waals surface area contributed by atoms with Crippen molar-refractivity contribution < 1.29 is 14.3 Å². The van der Waals surface area contributed by atoms with Gasteiger partial charge in [0.2, 0.25) is 17.7 Å². The molecule has 0 bridgehead atoms. The van der Waals surface area contributed by atoms with Crippen LogP contribution in [0.4, 0.5) is 11.5 Å². The standard InChI is InChI=1S/C22H26N4O3/c1-21(2)11-15(21)19(27)23-13-6-5-7-14(10-13)29-18-9-8-17(25-26-18)24-20(28)16-12-22(16,3)4/h5-10,15-16H,11-12H2,1-4H3,(H,23,27)(H,24,25,28). The summed E-state index contributed by atoms with van der Waals surface area (Å²) in [6.45, 7) is 8.32. The Balaban J connectivity index is 1.34. The average molecular weight is 394 g/mol. The van der Waals surface area contributed by atoms with Gasteiger partial charge in [0.25, 0.3) is 0 Å². The quantitative estimate of drug-likeness (QED) is 0.764. The van der Waals surface area contributed by atoms with Crippen LogP contribution in [0.1, 0.15) is 40.5 Å². The van der Waals surface area contributed by atoms with Crippen molar-refractivity contribution in [2.45, 2.75) is 40.5 Å². The maximum Gasteiger partial charge on any atom is 0.238 e. The van der Waals surface area contributed by atoms with E-state index in [0.717, 1.165) is 12.8 Å². The molecule has 2 saturated carbocycles. The molecule has 4 rings (SSSR count). The number of carbonyl (C=O) groups excluding carboxylic acids is 2. The zero-order valence-corrected chi connectivity index (χ0v) is 17.2. The molecular weight excluding hydrogens is 368 g/mol. The molecule has 2 unspecified atom stereocenters. The van der Waals surface area contributed by atoms with Gasteiger partial charge in [-0.1, -0.05) is 33.8 Å². The lowest BCUT2D eigenvalue weighted by atomic mass is 10.1. The van der Waals surface area contributed by atoms with Crippen LogP contribution in [0.15, 0.2) is 36.4 Å². The first-order chi connectivity index (χ1) is 13.6. The van der Waals surface area contributed by atoms with Gasteiger partial charge in [0.15, 0.2) is 5.82 Å². The molecule has 7 heteroatoms. The number of carbonyl (C=O) groups is 2. The van der Waals surface area contributed by atoms with Gasteiger partial charge in [0.1, 0.15) is 5.75 Å². The number of anilines is 2. The second-order valence-electron chi connectivity index (χ2n) is 9.36. The van der Waals surface area contributed by atoms with Gasteiger partial charge in [0, 0.05) is 29.7 Å². The molecule has 0 aliphatic heterocycles. The molecule has 0 spiro atoms. The number of hydrogen-bond donors (Lipinski definition) is 2. The van der Waals surface area contributed by atoms with E-state index in [1.54, 1.807) is 24.3 Å². The maximum atomic E-state index is 12.3. The number of benzene rings is 1. The molecule has 2 aliphatic carbocycles. The molecule has 2 aromatic rings. The molecular formula is C22H26N4O3. The molecule has 1 heterocycles. The first kappa shape index (κ1) is 19.4. The SMILES string of the molecule is CC1(C)CC1C(=O)Nc1cccc(Oc2ccc(NC(=O)C3CC3(C)C)nn2)c1.